The zero-order valence-corrected chi connectivity index (χ0v) is 13.5. The number of halogens is 1. The topological polar surface area (TPSA) is 54.9 Å². The number of aromatic nitrogens is 2. The molecule has 1 amide bonds. The van der Waals surface area contributed by atoms with Crippen LogP contribution in [0.2, 0.25) is 5.02 Å². The van der Waals surface area contributed by atoms with Gasteiger partial charge >= 0.3 is 0 Å². The molecule has 1 heterocycles. The summed E-state index contributed by atoms with van der Waals surface area (Å²) in [4.78, 5) is 11.9. The lowest BCUT2D eigenvalue weighted by atomic mass is 10.1. The Hall–Kier alpha value is -1.46. The standard InChI is InChI=1S/C15H18ClN3OS/c1-2-3-7-14-18-19-15(21-14)17-13(20)9-8-11-5-4-6-12(16)10-11/h4-6,10H,2-3,7-9H2,1H3,(H,17,19,20). The van der Waals surface area contributed by atoms with Crippen molar-refractivity contribution in [2.75, 3.05) is 5.32 Å². The molecule has 0 aliphatic heterocycles. The molecule has 0 aliphatic rings. The van der Waals surface area contributed by atoms with Gasteiger partial charge in [-0.05, 0) is 30.5 Å². The molecule has 1 N–H and O–H groups in total. The number of nitrogens with zero attached hydrogens (tertiary/aromatic N) is 2. The van der Waals surface area contributed by atoms with Gasteiger partial charge < -0.3 is 5.32 Å². The SMILES string of the molecule is CCCCc1nnc(NC(=O)CCc2cccc(Cl)c2)s1. The molecule has 2 rings (SSSR count). The van der Waals surface area contributed by atoms with Crippen LogP contribution in [0.1, 0.15) is 36.8 Å². The van der Waals surface area contributed by atoms with E-state index in [1.807, 2.05) is 24.3 Å². The molecule has 21 heavy (non-hydrogen) atoms. The number of benzene rings is 1. The van der Waals surface area contributed by atoms with Crippen molar-refractivity contribution in [2.45, 2.75) is 39.0 Å². The van der Waals surface area contributed by atoms with Gasteiger partial charge in [0.25, 0.3) is 0 Å². The molecule has 2 aromatic rings. The van der Waals surface area contributed by atoms with Crippen LogP contribution in [-0.4, -0.2) is 16.1 Å². The van der Waals surface area contributed by atoms with Crippen LogP contribution in [0.5, 0.6) is 0 Å². The summed E-state index contributed by atoms with van der Waals surface area (Å²) in [6.07, 6.45) is 4.21. The first-order valence-electron chi connectivity index (χ1n) is 7.04. The molecule has 0 bridgehead atoms. The Balaban J connectivity index is 1.80. The number of carbonyl (C=O) groups is 1. The number of hydrogen-bond donors (Lipinski definition) is 1. The number of hydrogen-bond acceptors (Lipinski definition) is 4. The third-order valence-electron chi connectivity index (χ3n) is 2.99. The van der Waals surface area contributed by atoms with Crippen molar-refractivity contribution in [3.8, 4) is 0 Å². The fourth-order valence-corrected chi connectivity index (χ4v) is 2.88. The zero-order valence-electron chi connectivity index (χ0n) is 11.9. The van der Waals surface area contributed by atoms with Gasteiger partial charge in [0, 0.05) is 17.9 Å². The van der Waals surface area contributed by atoms with Gasteiger partial charge in [-0.25, -0.2) is 0 Å². The molecule has 4 nitrogen and oxygen atoms in total. The van der Waals surface area contributed by atoms with Crippen molar-refractivity contribution >= 4 is 34.0 Å². The second-order valence-electron chi connectivity index (χ2n) is 4.78. The van der Waals surface area contributed by atoms with E-state index in [1.54, 1.807) is 0 Å². The maximum Gasteiger partial charge on any atom is 0.226 e. The highest BCUT2D eigenvalue weighted by molar-refractivity contribution is 7.15. The zero-order chi connectivity index (χ0) is 15.1. The van der Waals surface area contributed by atoms with Gasteiger partial charge in [0.1, 0.15) is 5.01 Å². The molecule has 0 unspecified atom stereocenters. The average molecular weight is 324 g/mol. The van der Waals surface area contributed by atoms with Crippen LogP contribution < -0.4 is 5.32 Å². The highest BCUT2D eigenvalue weighted by atomic mass is 35.5. The van der Waals surface area contributed by atoms with E-state index in [2.05, 4.69) is 22.4 Å². The lowest BCUT2D eigenvalue weighted by Gasteiger charge is -2.02. The number of unbranched alkanes of at least 4 members (excludes halogenated alkanes) is 1. The fourth-order valence-electron chi connectivity index (χ4n) is 1.87. The van der Waals surface area contributed by atoms with E-state index in [0.717, 1.165) is 29.8 Å². The summed E-state index contributed by atoms with van der Waals surface area (Å²) < 4.78 is 0. The molecule has 0 saturated heterocycles. The van der Waals surface area contributed by atoms with Crippen molar-refractivity contribution in [3.63, 3.8) is 0 Å². The maximum atomic E-state index is 11.9. The Morgan fingerprint density at radius 2 is 2.19 bits per heavy atom. The molecular weight excluding hydrogens is 306 g/mol. The van der Waals surface area contributed by atoms with E-state index < -0.39 is 0 Å². The lowest BCUT2D eigenvalue weighted by molar-refractivity contribution is -0.116. The molecule has 0 aliphatic carbocycles. The summed E-state index contributed by atoms with van der Waals surface area (Å²) in [5.41, 5.74) is 1.05. The van der Waals surface area contributed by atoms with Crippen LogP contribution in [-0.2, 0) is 17.6 Å². The molecule has 112 valence electrons. The van der Waals surface area contributed by atoms with Crippen molar-refractivity contribution < 1.29 is 4.79 Å². The quantitative estimate of drug-likeness (QED) is 0.834. The number of aryl methyl sites for hydroxylation is 2. The van der Waals surface area contributed by atoms with Crippen LogP contribution in [0, 0.1) is 0 Å². The van der Waals surface area contributed by atoms with Gasteiger partial charge in [-0.15, -0.1) is 10.2 Å². The number of nitrogens with one attached hydrogen (secondary N) is 1. The third-order valence-corrected chi connectivity index (χ3v) is 4.12. The Bertz CT molecular complexity index is 600. The first-order valence-corrected chi connectivity index (χ1v) is 8.23. The molecule has 0 fully saturated rings. The predicted octanol–water partition coefficient (Wildman–Crippen LogP) is 4.11. The highest BCUT2D eigenvalue weighted by Crippen LogP contribution is 2.18. The Kier molecular flexibility index (Phi) is 6.14. The van der Waals surface area contributed by atoms with E-state index in [0.29, 0.717) is 23.0 Å². The van der Waals surface area contributed by atoms with Gasteiger partial charge in [0.15, 0.2) is 0 Å². The van der Waals surface area contributed by atoms with Gasteiger partial charge in [-0.2, -0.15) is 0 Å². The number of carbonyl (C=O) groups excluding carboxylic acids is 1. The van der Waals surface area contributed by atoms with Gasteiger partial charge in [0.2, 0.25) is 11.0 Å². The Labute approximate surface area is 133 Å². The Morgan fingerprint density at radius 3 is 2.95 bits per heavy atom. The number of rotatable bonds is 7. The largest absolute Gasteiger partial charge is 0.301 e. The third kappa shape index (κ3) is 5.44. The highest BCUT2D eigenvalue weighted by Gasteiger charge is 2.08. The molecule has 0 radical (unpaired) electrons. The predicted molar refractivity (Wildman–Crippen MR) is 86.9 cm³/mol. The minimum Gasteiger partial charge on any atom is -0.301 e. The van der Waals surface area contributed by atoms with Crippen LogP contribution in [0.3, 0.4) is 0 Å². The molecule has 1 aromatic carbocycles. The van der Waals surface area contributed by atoms with Crippen LogP contribution >= 0.6 is 22.9 Å². The van der Waals surface area contributed by atoms with Gasteiger partial charge in [-0.3, -0.25) is 4.79 Å². The summed E-state index contributed by atoms with van der Waals surface area (Å²) in [6, 6.07) is 7.56. The first-order chi connectivity index (χ1) is 10.2. The van der Waals surface area contributed by atoms with Crippen LogP contribution in [0.4, 0.5) is 5.13 Å². The van der Waals surface area contributed by atoms with E-state index >= 15 is 0 Å². The summed E-state index contributed by atoms with van der Waals surface area (Å²) in [7, 11) is 0. The van der Waals surface area contributed by atoms with E-state index in [1.165, 1.54) is 11.3 Å². The van der Waals surface area contributed by atoms with E-state index in [9.17, 15) is 4.79 Å². The second-order valence-corrected chi connectivity index (χ2v) is 6.28. The minimum absolute atomic E-state index is 0.0480. The van der Waals surface area contributed by atoms with Crippen molar-refractivity contribution in [2.24, 2.45) is 0 Å². The van der Waals surface area contributed by atoms with Crippen molar-refractivity contribution in [3.05, 3.63) is 39.9 Å². The summed E-state index contributed by atoms with van der Waals surface area (Å²) >= 11 is 7.37. The monoisotopic (exact) mass is 323 g/mol. The molecule has 1 aromatic heterocycles. The van der Waals surface area contributed by atoms with E-state index in [4.69, 9.17) is 11.6 Å². The summed E-state index contributed by atoms with van der Waals surface area (Å²) in [6.45, 7) is 2.14. The lowest BCUT2D eigenvalue weighted by Crippen LogP contribution is -2.12. The molecule has 0 saturated carbocycles. The summed E-state index contributed by atoms with van der Waals surface area (Å²) in [5, 5.41) is 13.1. The average Bonchev–Trinajstić information content (AvgIpc) is 2.90. The first kappa shape index (κ1) is 15.9. The number of anilines is 1. The normalized spacial score (nSPS) is 10.6. The molecular formula is C15H18ClN3OS. The second kappa shape index (κ2) is 8.10. The minimum atomic E-state index is -0.0480. The molecule has 0 atom stereocenters. The van der Waals surface area contributed by atoms with Crippen molar-refractivity contribution in [1.29, 1.82) is 0 Å². The van der Waals surface area contributed by atoms with E-state index in [-0.39, 0.29) is 5.91 Å². The van der Waals surface area contributed by atoms with Gasteiger partial charge in [0.05, 0.1) is 0 Å². The van der Waals surface area contributed by atoms with Crippen LogP contribution in [0.15, 0.2) is 24.3 Å². The maximum absolute atomic E-state index is 11.9. The molecule has 6 heteroatoms. The Morgan fingerprint density at radius 1 is 1.33 bits per heavy atom. The van der Waals surface area contributed by atoms with Crippen molar-refractivity contribution in [1.82, 2.24) is 10.2 Å². The van der Waals surface area contributed by atoms with Crippen LogP contribution in [0.25, 0.3) is 0 Å². The number of amides is 1. The smallest absolute Gasteiger partial charge is 0.226 e. The van der Waals surface area contributed by atoms with Gasteiger partial charge in [-0.1, -0.05) is 48.4 Å². The fraction of sp³-hybridized carbons (Fsp3) is 0.400. The summed E-state index contributed by atoms with van der Waals surface area (Å²) in [5.74, 6) is -0.0480. The molecule has 0 spiro atoms.